The van der Waals surface area contributed by atoms with Crippen molar-refractivity contribution in [3.8, 4) is 17.2 Å². The lowest BCUT2D eigenvalue weighted by molar-refractivity contribution is -0.385. The van der Waals surface area contributed by atoms with E-state index in [1.165, 1.54) is 6.07 Å². The summed E-state index contributed by atoms with van der Waals surface area (Å²) < 4.78 is 32.3. The summed E-state index contributed by atoms with van der Waals surface area (Å²) in [6, 6.07) is 13.0. The molecular weight excluding hydrogens is 446 g/mol. The van der Waals surface area contributed by atoms with Crippen LogP contribution in [0.3, 0.4) is 0 Å². The minimum absolute atomic E-state index is 0.0997. The molecule has 2 aromatic rings. The van der Waals surface area contributed by atoms with E-state index in [0.717, 1.165) is 0 Å². The molecule has 0 unspecified atom stereocenters. The summed E-state index contributed by atoms with van der Waals surface area (Å²) in [5, 5.41) is 11.1. The maximum Gasteiger partial charge on any atom is 0.332 e. The van der Waals surface area contributed by atoms with E-state index < -0.39 is 16.5 Å². The number of rotatable bonds is 15. The third-order valence-electron chi connectivity index (χ3n) is 3.99. The number of para-hydroxylation sites is 2. The Morgan fingerprint density at radius 3 is 2.00 bits per heavy atom. The third-order valence-corrected chi connectivity index (χ3v) is 3.99. The zero-order valence-corrected chi connectivity index (χ0v) is 19.7. The van der Waals surface area contributed by atoms with Crippen LogP contribution < -0.4 is 9.47 Å². The van der Waals surface area contributed by atoms with E-state index in [9.17, 15) is 14.9 Å². The monoisotopic (exact) mass is 477 g/mol. The number of hydrogen-bond acceptors (Lipinski definition) is 9. The van der Waals surface area contributed by atoms with Gasteiger partial charge in [0.25, 0.3) is 0 Å². The van der Waals surface area contributed by atoms with Crippen LogP contribution in [-0.4, -0.2) is 62.7 Å². The van der Waals surface area contributed by atoms with Gasteiger partial charge in [0.05, 0.1) is 38.0 Å². The second-order valence-electron chi connectivity index (χ2n) is 8.01. The number of hydrogen-bond donors (Lipinski definition) is 0. The predicted molar refractivity (Wildman–Crippen MR) is 123 cm³/mol. The van der Waals surface area contributed by atoms with Gasteiger partial charge in [-0.3, -0.25) is 10.1 Å². The van der Waals surface area contributed by atoms with Crippen LogP contribution >= 0.6 is 0 Å². The molecule has 0 atom stereocenters. The highest BCUT2D eigenvalue weighted by Crippen LogP contribution is 2.31. The molecule has 0 radical (unpaired) electrons. The summed E-state index contributed by atoms with van der Waals surface area (Å²) in [7, 11) is 0. The van der Waals surface area contributed by atoms with E-state index in [4.69, 9.17) is 28.4 Å². The van der Waals surface area contributed by atoms with Crippen molar-refractivity contribution in [2.75, 3.05) is 46.2 Å². The van der Waals surface area contributed by atoms with Gasteiger partial charge in [0.1, 0.15) is 30.3 Å². The lowest BCUT2D eigenvalue weighted by Gasteiger charge is -2.19. The highest BCUT2D eigenvalue weighted by Gasteiger charge is 2.16. The van der Waals surface area contributed by atoms with Gasteiger partial charge >= 0.3 is 11.7 Å². The van der Waals surface area contributed by atoms with Crippen LogP contribution in [0, 0.1) is 10.1 Å². The first-order chi connectivity index (χ1) is 16.2. The van der Waals surface area contributed by atoms with Crippen LogP contribution in [0.4, 0.5) is 5.69 Å². The summed E-state index contributed by atoms with van der Waals surface area (Å²) in [5.74, 6) is 0.853. The van der Waals surface area contributed by atoms with Gasteiger partial charge in [-0.05, 0) is 51.1 Å². The molecule has 0 aliphatic carbocycles. The molecule has 0 aromatic heterocycles. The summed E-state index contributed by atoms with van der Waals surface area (Å²) >= 11 is 0. The first kappa shape index (κ1) is 27.0. The smallest absolute Gasteiger partial charge is 0.332 e. The molecule has 34 heavy (non-hydrogen) atoms. The molecule has 0 bridgehead atoms. The SMILES string of the molecule is CC(C)(C)OC(=O)COCCOCCOCCOc1ccc(Oc2ccccc2[N+](=O)[O-])cc1. The Morgan fingerprint density at radius 1 is 0.824 bits per heavy atom. The van der Waals surface area contributed by atoms with Crippen molar-refractivity contribution >= 4 is 11.7 Å². The van der Waals surface area contributed by atoms with Gasteiger partial charge in [-0.1, -0.05) is 12.1 Å². The van der Waals surface area contributed by atoms with Crippen LogP contribution in [0.25, 0.3) is 0 Å². The Labute approximate surface area is 198 Å². The summed E-state index contributed by atoms with van der Waals surface area (Å²) in [4.78, 5) is 22.0. The molecule has 10 nitrogen and oxygen atoms in total. The van der Waals surface area contributed by atoms with E-state index in [2.05, 4.69) is 0 Å². The number of nitrogens with zero attached hydrogens (tertiary/aromatic N) is 1. The molecular formula is C24H31NO9. The number of esters is 1. The molecule has 0 saturated heterocycles. The van der Waals surface area contributed by atoms with Crippen molar-refractivity contribution < 1.29 is 38.1 Å². The average Bonchev–Trinajstić information content (AvgIpc) is 2.77. The zero-order valence-electron chi connectivity index (χ0n) is 19.7. The molecule has 2 aromatic carbocycles. The fourth-order valence-electron chi connectivity index (χ4n) is 2.61. The summed E-state index contributed by atoms with van der Waals surface area (Å²) in [6.45, 7) is 7.47. The van der Waals surface area contributed by atoms with Gasteiger partial charge in [0.15, 0.2) is 0 Å². The highest BCUT2D eigenvalue weighted by atomic mass is 16.6. The molecule has 0 N–H and O–H groups in total. The van der Waals surface area contributed by atoms with Crippen molar-refractivity contribution in [2.24, 2.45) is 0 Å². The highest BCUT2D eigenvalue weighted by molar-refractivity contribution is 5.71. The van der Waals surface area contributed by atoms with Gasteiger partial charge in [-0.25, -0.2) is 4.79 Å². The van der Waals surface area contributed by atoms with Crippen molar-refractivity contribution in [3.05, 3.63) is 58.6 Å². The molecule has 186 valence electrons. The van der Waals surface area contributed by atoms with Crippen LogP contribution in [-0.2, 0) is 23.7 Å². The first-order valence-corrected chi connectivity index (χ1v) is 10.8. The van der Waals surface area contributed by atoms with Crippen LogP contribution in [0.5, 0.6) is 17.2 Å². The molecule has 0 aliphatic rings. The topological polar surface area (TPSA) is 116 Å². The quantitative estimate of drug-likeness (QED) is 0.161. The van der Waals surface area contributed by atoms with E-state index in [-0.39, 0.29) is 18.0 Å². The van der Waals surface area contributed by atoms with Gasteiger partial charge < -0.3 is 28.4 Å². The van der Waals surface area contributed by atoms with Crippen LogP contribution in [0.1, 0.15) is 20.8 Å². The normalized spacial score (nSPS) is 11.1. The van der Waals surface area contributed by atoms with Crippen LogP contribution in [0.2, 0.25) is 0 Å². The molecule has 0 heterocycles. The minimum atomic E-state index is -0.524. The standard InChI is InChI=1S/C24H31NO9/c1-24(2,3)34-23(26)18-31-15-14-29-12-13-30-16-17-32-19-8-10-20(11-9-19)33-22-7-5-4-6-21(22)25(27)28/h4-11H,12-18H2,1-3H3. The van der Waals surface area contributed by atoms with E-state index in [1.54, 1.807) is 63.2 Å². The molecule has 0 saturated carbocycles. The fraction of sp³-hybridized carbons (Fsp3) is 0.458. The number of carbonyl (C=O) groups is 1. The predicted octanol–water partition coefficient (Wildman–Crippen LogP) is 4.16. The molecule has 0 aliphatic heterocycles. The van der Waals surface area contributed by atoms with Crippen molar-refractivity contribution in [1.82, 2.24) is 0 Å². The lowest BCUT2D eigenvalue weighted by Crippen LogP contribution is -2.27. The molecule has 0 fully saturated rings. The second kappa shape index (κ2) is 14.1. The van der Waals surface area contributed by atoms with E-state index in [0.29, 0.717) is 51.1 Å². The number of carbonyl (C=O) groups excluding carboxylic acids is 1. The number of nitro benzene ring substituents is 1. The lowest BCUT2D eigenvalue weighted by atomic mass is 10.2. The minimum Gasteiger partial charge on any atom is -0.491 e. The molecule has 2 rings (SSSR count). The Bertz CT molecular complexity index is 894. The number of nitro groups is 1. The molecule has 0 spiro atoms. The first-order valence-electron chi connectivity index (χ1n) is 10.8. The second-order valence-corrected chi connectivity index (χ2v) is 8.01. The Morgan fingerprint density at radius 2 is 1.38 bits per heavy atom. The average molecular weight is 478 g/mol. The maximum atomic E-state index is 11.5. The maximum absolute atomic E-state index is 11.5. The van der Waals surface area contributed by atoms with Gasteiger partial charge in [0.2, 0.25) is 5.75 Å². The third kappa shape index (κ3) is 11.1. The van der Waals surface area contributed by atoms with Crippen LogP contribution in [0.15, 0.2) is 48.5 Å². The molecule has 10 heteroatoms. The molecule has 0 amide bonds. The van der Waals surface area contributed by atoms with Crippen molar-refractivity contribution in [2.45, 2.75) is 26.4 Å². The zero-order chi connectivity index (χ0) is 24.8. The van der Waals surface area contributed by atoms with Crippen molar-refractivity contribution in [1.29, 1.82) is 0 Å². The Kier molecular flexibility index (Phi) is 11.2. The van der Waals surface area contributed by atoms with Crippen molar-refractivity contribution in [3.63, 3.8) is 0 Å². The summed E-state index contributed by atoms with van der Waals surface area (Å²) in [5.41, 5.74) is -0.624. The van der Waals surface area contributed by atoms with Gasteiger partial charge in [-0.2, -0.15) is 0 Å². The fourth-order valence-corrected chi connectivity index (χ4v) is 2.61. The van der Waals surface area contributed by atoms with Gasteiger partial charge in [-0.15, -0.1) is 0 Å². The number of benzene rings is 2. The van der Waals surface area contributed by atoms with E-state index in [1.807, 2.05) is 0 Å². The van der Waals surface area contributed by atoms with E-state index >= 15 is 0 Å². The summed E-state index contributed by atoms with van der Waals surface area (Å²) in [6.07, 6.45) is 0. The Balaban J connectivity index is 1.51. The van der Waals surface area contributed by atoms with Gasteiger partial charge in [0, 0.05) is 6.07 Å². The Hall–Kier alpha value is -3.21. The largest absolute Gasteiger partial charge is 0.491 e. The number of ether oxygens (including phenoxy) is 6.